The molecule has 124 valence electrons. The Morgan fingerprint density at radius 1 is 1.33 bits per heavy atom. The molecule has 0 bridgehead atoms. The Kier molecular flexibility index (Phi) is 4.29. The maximum absolute atomic E-state index is 13.5. The first-order valence-electron chi connectivity index (χ1n) is 7.70. The molecule has 5 nitrogen and oxygen atoms in total. The van der Waals surface area contributed by atoms with Crippen LogP contribution in [0.3, 0.4) is 0 Å². The largest absolute Gasteiger partial charge is 0.338 e. The first kappa shape index (κ1) is 16.1. The van der Waals surface area contributed by atoms with Crippen molar-refractivity contribution in [2.45, 2.75) is 19.4 Å². The molecular formula is C18H18FN3O2. The van der Waals surface area contributed by atoms with Gasteiger partial charge < -0.3 is 10.2 Å². The van der Waals surface area contributed by atoms with E-state index in [1.807, 2.05) is 13.0 Å². The molecule has 1 aliphatic rings. The standard InChI is InChI=1S/C18H18FN3O2/c1-11-6-7-15(20-10-11)21-18(24)14-9-16(23)22(2)17(14)12-4-3-5-13(19)8-12/h3-8,10,14,17H,9H2,1-2H3,(H,20,21,24). The van der Waals surface area contributed by atoms with Gasteiger partial charge in [0.25, 0.3) is 0 Å². The van der Waals surface area contributed by atoms with Crippen molar-refractivity contribution in [3.05, 3.63) is 59.5 Å². The molecule has 6 heteroatoms. The fraction of sp³-hybridized carbons (Fsp3) is 0.278. The number of pyridine rings is 1. The lowest BCUT2D eigenvalue weighted by Gasteiger charge is -2.24. The maximum Gasteiger partial charge on any atom is 0.231 e. The number of aromatic nitrogens is 1. The summed E-state index contributed by atoms with van der Waals surface area (Å²) < 4.78 is 13.5. The van der Waals surface area contributed by atoms with E-state index >= 15 is 0 Å². The van der Waals surface area contributed by atoms with Gasteiger partial charge in [-0.1, -0.05) is 18.2 Å². The van der Waals surface area contributed by atoms with Crippen LogP contribution in [0.4, 0.5) is 10.2 Å². The number of halogens is 1. The van der Waals surface area contributed by atoms with Crippen molar-refractivity contribution in [1.29, 1.82) is 0 Å². The Balaban J connectivity index is 1.85. The van der Waals surface area contributed by atoms with Gasteiger partial charge in [0.2, 0.25) is 11.8 Å². The van der Waals surface area contributed by atoms with Crippen molar-refractivity contribution in [3.8, 4) is 0 Å². The van der Waals surface area contributed by atoms with Crippen LogP contribution in [0.1, 0.15) is 23.6 Å². The number of amides is 2. The monoisotopic (exact) mass is 327 g/mol. The molecule has 0 spiro atoms. The Labute approximate surface area is 139 Å². The third-order valence-electron chi connectivity index (χ3n) is 4.28. The molecule has 2 atom stereocenters. The van der Waals surface area contributed by atoms with Crippen LogP contribution in [0.15, 0.2) is 42.6 Å². The van der Waals surface area contributed by atoms with Gasteiger partial charge >= 0.3 is 0 Å². The summed E-state index contributed by atoms with van der Waals surface area (Å²) in [5.74, 6) is -0.975. The van der Waals surface area contributed by atoms with E-state index < -0.39 is 12.0 Å². The Morgan fingerprint density at radius 3 is 2.79 bits per heavy atom. The van der Waals surface area contributed by atoms with Crippen LogP contribution in [-0.4, -0.2) is 28.7 Å². The Morgan fingerprint density at radius 2 is 2.12 bits per heavy atom. The SMILES string of the molecule is Cc1ccc(NC(=O)C2CC(=O)N(C)C2c2cccc(F)c2)nc1. The second-order valence-corrected chi connectivity index (χ2v) is 6.03. The second kappa shape index (κ2) is 6.39. The van der Waals surface area contributed by atoms with Crippen LogP contribution < -0.4 is 5.32 Å². The van der Waals surface area contributed by atoms with Crippen molar-refractivity contribution in [1.82, 2.24) is 9.88 Å². The van der Waals surface area contributed by atoms with Crippen LogP contribution in [0.5, 0.6) is 0 Å². The number of carbonyl (C=O) groups excluding carboxylic acids is 2. The fourth-order valence-corrected chi connectivity index (χ4v) is 3.01. The van der Waals surface area contributed by atoms with E-state index in [1.54, 1.807) is 31.4 Å². The molecule has 0 aliphatic carbocycles. The average Bonchev–Trinajstić information content (AvgIpc) is 2.85. The summed E-state index contributed by atoms with van der Waals surface area (Å²) in [5, 5.41) is 2.74. The number of likely N-dealkylation sites (tertiary alicyclic amines) is 1. The molecule has 1 aliphatic heterocycles. The van der Waals surface area contributed by atoms with E-state index in [4.69, 9.17) is 0 Å². The van der Waals surface area contributed by atoms with Crippen LogP contribution >= 0.6 is 0 Å². The number of hydrogen-bond donors (Lipinski definition) is 1. The summed E-state index contributed by atoms with van der Waals surface area (Å²) >= 11 is 0. The third kappa shape index (κ3) is 3.13. The first-order chi connectivity index (χ1) is 11.5. The molecule has 1 N–H and O–H groups in total. The number of nitrogens with zero attached hydrogens (tertiary/aromatic N) is 2. The summed E-state index contributed by atoms with van der Waals surface area (Å²) in [5.41, 5.74) is 1.60. The third-order valence-corrected chi connectivity index (χ3v) is 4.28. The molecule has 0 saturated carbocycles. The molecule has 2 heterocycles. The van der Waals surface area contributed by atoms with E-state index in [0.29, 0.717) is 11.4 Å². The number of hydrogen-bond acceptors (Lipinski definition) is 3. The highest BCUT2D eigenvalue weighted by Crippen LogP contribution is 2.37. The summed E-state index contributed by atoms with van der Waals surface area (Å²) in [6, 6.07) is 9.09. The number of carbonyl (C=O) groups is 2. The zero-order valence-corrected chi connectivity index (χ0v) is 13.5. The van der Waals surface area contributed by atoms with Gasteiger partial charge in [-0.15, -0.1) is 0 Å². The van der Waals surface area contributed by atoms with Crippen molar-refractivity contribution in [3.63, 3.8) is 0 Å². The van der Waals surface area contributed by atoms with E-state index in [0.717, 1.165) is 5.56 Å². The molecule has 0 radical (unpaired) electrons. The van der Waals surface area contributed by atoms with Crippen molar-refractivity contribution < 1.29 is 14.0 Å². The quantitative estimate of drug-likeness (QED) is 0.943. The van der Waals surface area contributed by atoms with E-state index in [9.17, 15) is 14.0 Å². The lowest BCUT2D eigenvalue weighted by atomic mass is 9.93. The lowest BCUT2D eigenvalue weighted by molar-refractivity contribution is -0.128. The van der Waals surface area contributed by atoms with Gasteiger partial charge in [-0.2, -0.15) is 0 Å². The molecule has 1 fully saturated rings. The minimum absolute atomic E-state index is 0.0926. The topological polar surface area (TPSA) is 62.3 Å². The van der Waals surface area contributed by atoms with E-state index in [1.165, 1.54) is 17.0 Å². The van der Waals surface area contributed by atoms with Gasteiger partial charge in [0, 0.05) is 19.7 Å². The summed E-state index contributed by atoms with van der Waals surface area (Å²) in [6.07, 6.45) is 1.75. The Bertz CT molecular complexity index is 776. The lowest BCUT2D eigenvalue weighted by Crippen LogP contribution is -2.30. The van der Waals surface area contributed by atoms with E-state index in [2.05, 4.69) is 10.3 Å². The highest BCUT2D eigenvalue weighted by atomic mass is 19.1. The molecule has 3 rings (SSSR count). The minimum Gasteiger partial charge on any atom is -0.338 e. The minimum atomic E-state index is -0.590. The average molecular weight is 327 g/mol. The molecule has 2 aromatic rings. The number of anilines is 1. The molecular weight excluding hydrogens is 309 g/mol. The summed E-state index contributed by atoms with van der Waals surface area (Å²) in [7, 11) is 1.63. The summed E-state index contributed by atoms with van der Waals surface area (Å²) in [6.45, 7) is 1.91. The van der Waals surface area contributed by atoms with Crippen molar-refractivity contribution in [2.75, 3.05) is 12.4 Å². The van der Waals surface area contributed by atoms with Crippen LogP contribution in [0, 0.1) is 18.7 Å². The first-order valence-corrected chi connectivity index (χ1v) is 7.70. The molecule has 1 aromatic heterocycles. The van der Waals surface area contributed by atoms with Gasteiger partial charge in [0.05, 0.1) is 12.0 Å². The smallest absolute Gasteiger partial charge is 0.231 e. The van der Waals surface area contributed by atoms with Crippen LogP contribution in [-0.2, 0) is 9.59 Å². The summed E-state index contributed by atoms with van der Waals surface area (Å²) in [4.78, 5) is 30.4. The molecule has 1 aromatic carbocycles. The maximum atomic E-state index is 13.5. The van der Waals surface area contributed by atoms with Crippen LogP contribution in [0.2, 0.25) is 0 Å². The fourth-order valence-electron chi connectivity index (χ4n) is 3.01. The number of rotatable bonds is 3. The molecule has 2 amide bonds. The highest BCUT2D eigenvalue weighted by molar-refractivity contribution is 5.97. The predicted molar refractivity (Wildman–Crippen MR) is 87.6 cm³/mol. The Hall–Kier alpha value is -2.76. The van der Waals surface area contributed by atoms with Crippen LogP contribution in [0.25, 0.3) is 0 Å². The molecule has 1 saturated heterocycles. The highest BCUT2D eigenvalue weighted by Gasteiger charge is 2.42. The molecule has 24 heavy (non-hydrogen) atoms. The number of benzene rings is 1. The second-order valence-electron chi connectivity index (χ2n) is 6.03. The van der Waals surface area contributed by atoms with Gasteiger partial charge in [0.1, 0.15) is 11.6 Å². The van der Waals surface area contributed by atoms with E-state index in [-0.39, 0.29) is 24.1 Å². The van der Waals surface area contributed by atoms with Crippen molar-refractivity contribution in [2.24, 2.45) is 5.92 Å². The zero-order valence-electron chi connectivity index (χ0n) is 13.5. The number of nitrogens with one attached hydrogen (secondary N) is 1. The van der Waals surface area contributed by atoms with Crippen molar-refractivity contribution >= 4 is 17.6 Å². The van der Waals surface area contributed by atoms with Gasteiger partial charge in [-0.25, -0.2) is 9.37 Å². The zero-order chi connectivity index (χ0) is 17.3. The van der Waals surface area contributed by atoms with Gasteiger partial charge in [0.15, 0.2) is 0 Å². The predicted octanol–water partition coefficient (Wildman–Crippen LogP) is 2.69. The number of aryl methyl sites for hydroxylation is 1. The van der Waals surface area contributed by atoms with Gasteiger partial charge in [-0.3, -0.25) is 9.59 Å². The normalized spacial score (nSPS) is 20.3. The van der Waals surface area contributed by atoms with Gasteiger partial charge in [-0.05, 0) is 36.2 Å². The molecule has 2 unspecified atom stereocenters.